The van der Waals surface area contributed by atoms with Crippen LogP contribution in [0.25, 0.3) is 0 Å². The van der Waals surface area contributed by atoms with Crippen LogP contribution in [0.2, 0.25) is 0 Å². The number of rotatable bonds is 6. The monoisotopic (exact) mass is 309 g/mol. The second kappa shape index (κ2) is 7.49. The van der Waals surface area contributed by atoms with Crippen LogP contribution in [0.5, 0.6) is 0 Å². The fourth-order valence-corrected chi connectivity index (χ4v) is 2.54. The lowest BCUT2D eigenvalue weighted by atomic mass is 10.0. The number of halogens is 1. The van der Waals surface area contributed by atoms with Crippen molar-refractivity contribution < 1.29 is 4.79 Å². The van der Waals surface area contributed by atoms with Crippen molar-refractivity contribution in [2.24, 2.45) is 5.92 Å². The number of amides is 1. The second-order valence-electron chi connectivity index (χ2n) is 4.10. The molecule has 0 aromatic carbocycles. The minimum Gasteiger partial charge on any atom is -0.356 e. The minimum atomic E-state index is 0.269. The summed E-state index contributed by atoms with van der Waals surface area (Å²) in [5, 5.41) is 3.00. The SMILES string of the molecule is O=C(CC1CCCC1)NCCCCI. The van der Waals surface area contributed by atoms with Gasteiger partial charge in [-0.05, 0) is 36.0 Å². The van der Waals surface area contributed by atoms with Crippen molar-refractivity contribution in [2.75, 3.05) is 11.0 Å². The molecule has 0 bridgehead atoms. The highest BCUT2D eigenvalue weighted by molar-refractivity contribution is 14.1. The highest BCUT2D eigenvalue weighted by Gasteiger charge is 2.17. The molecule has 1 N–H and O–H groups in total. The summed E-state index contributed by atoms with van der Waals surface area (Å²) in [4.78, 5) is 11.4. The van der Waals surface area contributed by atoms with Gasteiger partial charge in [-0.1, -0.05) is 35.4 Å². The van der Waals surface area contributed by atoms with Gasteiger partial charge in [0.05, 0.1) is 0 Å². The number of unbranched alkanes of at least 4 members (excludes halogenated alkanes) is 1. The molecule has 0 spiro atoms. The maximum Gasteiger partial charge on any atom is 0.220 e. The predicted octanol–water partition coefficient (Wildman–Crippen LogP) is 2.90. The first-order valence-electron chi connectivity index (χ1n) is 5.65. The smallest absolute Gasteiger partial charge is 0.220 e. The van der Waals surface area contributed by atoms with Crippen LogP contribution in [0.4, 0.5) is 0 Å². The summed E-state index contributed by atoms with van der Waals surface area (Å²) < 4.78 is 1.19. The van der Waals surface area contributed by atoms with E-state index in [-0.39, 0.29) is 5.91 Å². The van der Waals surface area contributed by atoms with Gasteiger partial charge in [-0.3, -0.25) is 4.79 Å². The Kier molecular flexibility index (Phi) is 6.56. The lowest BCUT2D eigenvalue weighted by Crippen LogP contribution is -2.26. The van der Waals surface area contributed by atoms with Crippen molar-refractivity contribution in [1.82, 2.24) is 5.32 Å². The second-order valence-corrected chi connectivity index (χ2v) is 5.18. The van der Waals surface area contributed by atoms with Gasteiger partial charge in [-0.15, -0.1) is 0 Å². The molecule has 0 saturated heterocycles. The molecule has 0 heterocycles. The molecule has 0 aromatic rings. The molecule has 1 fully saturated rings. The molecule has 0 aliphatic heterocycles. The maximum atomic E-state index is 11.4. The van der Waals surface area contributed by atoms with Gasteiger partial charge in [-0.25, -0.2) is 0 Å². The highest BCUT2D eigenvalue weighted by Crippen LogP contribution is 2.27. The minimum absolute atomic E-state index is 0.269. The fraction of sp³-hybridized carbons (Fsp3) is 0.909. The normalized spacial score (nSPS) is 17.2. The summed E-state index contributed by atoms with van der Waals surface area (Å²) in [6.07, 6.45) is 8.29. The van der Waals surface area contributed by atoms with Gasteiger partial charge >= 0.3 is 0 Å². The van der Waals surface area contributed by atoms with Crippen LogP contribution < -0.4 is 5.32 Å². The van der Waals surface area contributed by atoms with Crippen LogP contribution in [0.1, 0.15) is 44.9 Å². The summed E-state index contributed by atoms with van der Waals surface area (Å²) in [7, 11) is 0. The van der Waals surface area contributed by atoms with Crippen LogP contribution in [-0.2, 0) is 4.79 Å². The van der Waals surface area contributed by atoms with Gasteiger partial charge < -0.3 is 5.32 Å². The Bertz CT molecular complexity index is 167. The highest BCUT2D eigenvalue weighted by atomic mass is 127. The number of alkyl halides is 1. The average molecular weight is 309 g/mol. The standard InChI is InChI=1S/C11H20INO/c12-7-3-4-8-13-11(14)9-10-5-1-2-6-10/h10H,1-9H2,(H,13,14). The lowest BCUT2D eigenvalue weighted by molar-refractivity contribution is -0.121. The van der Waals surface area contributed by atoms with Gasteiger partial charge in [0.25, 0.3) is 0 Å². The molecule has 1 aliphatic carbocycles. The number of carbonyl (C=O) groups excluding carboxylic acids is 1. The van der Waals surface area contributed by atoms with Gasteiger partial charge in [-0.2, -0.15) is 0 Å². The van der Waals surface area contributed by atoms with E-state index in [0.717, 1.165) is 19.4 Å². The van der Waals surface area contributed by atoms with E-state index >= 15 is 0 Å². The third-order valence-electron chi connectivity index (χ3n) is 2.83. The number of carbonyl (C=O) groups is 1. The molecule has 14 heavy (non-hydrogen) atoms. The van der Waals surface area contributed by atoms with E-state index < -0.39 is 0 Å². The first-order valence-corrected chi connectivity index (χ1v) is 7.18. The van der Waals surface area contributed by atoms with Crippen LogP contribution in [0.3, 0.4) is 0 Å². The van der Waals surface area contributed by atoms with E-state index in [2.05, 4.69) is 27.9 Å². The van der Waals surface area contributed by atoms with E-state index in [4.69, 9.17) is 0 Å². The summed E-state index contributed by atoms with van der Waals surface area (Å²) in [6.45, 7) is 0.870. The van der Waals surface area contributed by atoms with Crippen LogP contribution >= 0.6 is 22.6 Å². The van der Waals surface area contributed by atoms with Crippen LogP contribution in [0.15, 0.2) is 0 Å². The van der Waals surface area contributed by atoms with E-state index in [1.54, 1.807) is 0 Å². The molecule has 0 atom stereocenters. The molecule has 2 nitrogen and oxygen atoms in total. The van der Waals surface area contributed by atoms with Gasteiger partial charge in [0.15, 0.2) is 0 Å². The summed E-state index contributed by atoms with van der Waals surface area (Å²) >= 11 is 2.37. The van der Waals surface area contributed by atoms with Gasteiger partial charge in [0.2, 0.25) is 5.91 Å². The molecule has 1 amide bonds. The molecule has 82 valence electrons. The fourth-order valence-electron chi connectivity index (χ4n) is 2.00. The Morgan fingerprint density at radius 1 is 1.29 bits per heavy atom. The molecular formula is C11H20INO. The van der Waals surface area contributed by atoms with Crippen molar-refractivity contribution >= 4 is 28.5 Å². The number of hydrogen-bond donors (Lipinski definition) is 1. The third kappa shape index (κ3) is 5.17. The molecule has 0 radical (unpaired) electrons. The largest absolute Gasteiger partial charge is 0.356 e. The molecule has 1 aliphatic rings. The first kappa shape index (κ1) is 12.3. The number of nitrogens with one attached hydrogen (secondary N) is 1. The van der Waals surface area contributed by atoms with Crippen LogP contribution in [-0.4, -0.2) is 16.9 Å². The molecule has 1 rings (SSSR count). The lowest BCUT2D eigenvalue weighted by Gasteiger charge is -2.08. The molecule has 1 saturated carbocycles. The Balaban J connectivity index is 1.98. The van der Waals surface area contributed by atoms with Gasteiger partial charge in [0, 0.05) is 13.0 Å². The first-order chi connectivity index (χ1) is 6.83. The maximum absolute atomic E-state index is 11.4. The Morgan fingerprint density at radius 2 is 2.00 bits per heavy atom. The quantitative estimate of drug-likeness (QED) is 0.456. The molecule has 0 aromatic heterocycles. The molecule has 0 unspecified atom stereocenters. The third-order valence-corrected chi connectivity index (χ3v) is 3.59. The van der Waals surface area contributed by atoms with E-state index in [1.807, 2.05) is 0 Å². The van der Waals surface area contributed by atoms with Crippen molar-refractivity contribution in [3.63, 3.8) is 0 Å². The average Bonchev–Trinajstić information content (AvgIpc) is 2.65. The van der Waals surface area contributed by atoms with Crippen molar-refractivity contribution in [3.05, 3.63) is 0 Å². The topological polar surface area (TPSA) is 29.1 Å². The zero-order valence-electron chi connectivity index (χ0n) is 8.73. The predicted molar refractivity (Wildman–Crippen MR) is 67.7 cm³/mol. The zero-order chi connectivity index (χ0) is 10.2. The van der Waals surface area contributed by atoms with Crippen molar-refractivity contribution in [1.29, 1.82) is 0 Å². The Hall–Kier alpha value is 0.200. The zero-order valence-corrected chi connectivity index (χ0v) is 10.9. The van der Waals surface area contributed by atoms with E-state index in [9.17, 15) is 4.79 Å². The summed E-state index contributed by atoms with van der Waals surface area (Å²) in [6, 6.07) is 0. The Labute approximate surface area is 100 Å². The summed E-state index contributed by atoms with van der Waals surface area (Å²) in [5.41, 5.74) is 0. The number of hydrogen-bond acceptors (Lipinski definition) is 1. The van der Waals surface area contributed by atoms with E-state index in [1.165, 1.54) is 36.5 Å². The molecular weight excluding hydrogens is 289 g/mol. The summed E-state index contributed by atoms with van der Waals surface area (Å²) in [5.74, 6) is 0.949. The van der Waals surface area contributed by atoms with Gasteiger partial charge in [0.1, 0.15) is 0 Å². The van der Waals surface area contributed by atoms with Crippen LogP contribution in [0, 0.1) is 5.92 Å². The van der Waals surface area contributed by atoms with E-state index in [0.29, 0.717) is 5.92 Å². The Morgan fingerprint density at radius 3 is 2.64 bits per heavy atom. The van der Waals surface area contributed by atoms with Crippen molar-refractivity contribution in [2.45, 2.75) is 44.9 Å². The molecule has 3 heteroatoms. The van der Waals surface area contributed by atoms with Crippen molar-refractivity contribution in [3.8, 4) is 0 Å².